The lowest BCUT2D eigenvalue weighted by Crippen LogP contribution is -2.43. The average molecular weight is 777 g/mol. The standard InChI is InChI=1S/C40H46N4O8S2/c1-47-33-23-31(24-34(48-2)39(33)51-5)9-7-29-11-17-43(18-12-29)27-37(45)41-15-21-53-54-22-16-42-38(46)28-44-19-13-30(14-20-44)8-10-32-25-35(49-3)40(52-6)36(26-32)50-4/h7-14,17-20,23-26H,15-16,21-22,27-28H2,1-6H3/p+2. The Bertz CT molecular complexity index is 1700. The molecule has 2 amide bonds. The van der Waals surface area contributed by atoms with Crippen molar-refractivity contribution >= 4 is 57.7 Å². The Morgan fingerprint density at radius 3 is 1.13 bits per heavy atom. The Morgan fingerprint density at radius 1 is 0.519 bits per heavy atom. The van der Waals surface area contributed by atoms with E-state index in [2.05, 4.69) is 10.6 Å². The molecule has 0 aliphatic heterocycles. The van der Waals surface area contributed by atoms with Crippen LogP contribution >= 0.6 is 21.6 Å². The second-order valence-corrected chi connectivity index (χ2v) is 14.2. The van der Waals surface area contributed by atoms with Crippen molar-refractivity contribution in [1.29, 1.82) is 0 Å². The molecule has 0 fully saturated rings. The molecule has 0 aliphatic carbocycles. The smallest absolute Gasteiger partial charge is 0.286 e. The number of benzene rings is 2. The van der Waals surface area contributed by atoms with Crippen LogP contribution in [-0.2, 0) is 22.7 Å². The van der Waals surface area contributed by atoms with E-state index in [1.165, 1.54) is 0 Å². The van der Waals surface area contributed by atoms with E-state index in [4.69, 9.17) is 28.4 Å². The van der Waals surface area contributed by atoms with Crippen molar-refractivity contribution < 1.29 is 47.1 Å². The maximum atomic E-state index is 12.5. The quantitative estimate of drug-likeness (QED) is 0.0683. The Kier molecular flexibility index (Phi) is 16.9. The first kappa shape index (κ1) is 41.4. The second-order valence-electron chi connectivity index (χ2n) is 11.5. The van der Waals surface area contributed by atoms with Crippen LogP contribution in [0.25, 0.3) is 24.3 Å². The van der Waals surface area contributed by atoms with Gasteiger partial charge in [-0.1, -0.05) is 45.9 Å². The van der Waals surface area contributed by atoms with E-state index in [9.17, 15) is 9.59 Å². The molecule has 0 aliphatic rings. The minimum atomic E-state index is -0.0568. The van der Waals surface area contributed by atoms with Crippen LogP contribution in [0.15, 0.2) is 73.3 Å². The van der Waals surface area contributed by atoms with E-state index >= 15 is 0 Å². The van der Waals surface area contributed by atoms with Gasteiger partial charge in [0.05, 0.1) is 42.7 Å². The number of methoxy groups -OCH3 is 6. The molecule has 4 aromatic rings. The lowest BCUT2D eigenvalue weighted by atomic mass is 10.1. The van der Waals surface area contributed by atoms with E-state index in [0.717, 1.165) is 33.8 Å². The molecule has 2 aromatic heterocycles. The number of rotatable bonds is 21. The number of hydrogen-bond acceptors (Lipinski definition) is 10. The summed E-state index contributed by atoms with van der Waals surface area (Å²) in [5, 5.41) is 5.92. The van der Waals surface area contributed by atoms with Crippen LogP contribution in [0, 0.1) is 0 Å². The summed E-state index contributed by atoms with van der Waals surface area (Å²) in [6.07, 6.45) is 15.4. The number of carbonyl (C=O) groups is 2. The van der Waals surface area contributed by atoms with Crippen LogP contribution in [0.5, 0.6) is 34.5 Å². The van der Waals surface area contributed by atoms with Crippen molar-refractivity contribution in [2.24, 2.45) is 0 Å². The van der Waals surface area contributed by atoms with E-state index < -0.39 is 0 Å². The highest BCUT2D eigenvalue weighted by Gasteiger charge is 2.14. The molecule has 0 radical (unpaired) electrons. The molecule has 2 N–H and O–H groups in total. The Labute approximate surface area is 324 Å². The Morgan fingerprint density at radius 2 is 0.833 bits per heavy atom. The van der Waals surface area contributed by atoms with Gasteiger partial charge in [0.25, 0.3) is 11.8 Å². The topological polar surface area (TPSA) is 121 Å². The third-order valence-electron chi connectivity index (χ3n) is 7.90. The second kappa shape index (κ2) is 22.0. The molecule has 0 saturated carbocycles. The van der Waals surface area contributed by atoms with Crippen molar-refractivity contribution in [2.75, 3.05) is 67.3 Å². The van der Waals surface area contributed by atoms with Crippen LogP contribution in [-0.4, -0.2) is 79.1 Å². The van der Waals surface area contributed by atoms with Gasteiger partial charge < -0.3 is 39.1 Å². The van der Waals surface area contributed by atoms with Gasteiger partial charge in [0.1, 0.15) is 0 Å². The molecule has 2 heterocycles. The Balaban J connectivity index is 1.08. The van der Waals surface area contributed by atoms with Gasteiger partial charge in [-0.25, -0.2) is 0 Å². The summed E-state index contributed by atoms with van der Waals surface area (Å²) >= 11 is 0. The number of nitrogens with zero attached hydrogens (tertiary/aromatic N) is 2. The largest absolute Gasteiger partial charge is 0.493 e. The molecule has 0 atom stereocenters. The molecule has 12 nitrogen and oxygen atoms in total. The monoisotopic (exact) mass is 776 g/mol. The van der Waals surface area contributed by atoms with Crippen molar-refractivity contribution in [2.45, 2.75) is 13.1 Å². The molecule has 0 bridgehead atoms. The lowest BCUT2D eigenvalue weighted by Gasteiger charge is -2.12. The number of aromatic nitrogens is 2. The van der Waals surface area contributed by atoms with Gasteiger partial charge in [0, 0.05) is 48.9 Å². The molecule has 4 rings (SSSR count). The summed E-state index contributed by atoms with van der Waals surface area (Å²) in [5.41, 5.74) is 3.77. The molecule has 0 unspecified atom stereocenters. The minimum absolute atomic E-state index is 0.0568. The third kappa shape index (κ3) is 12.7. The molecular formula is C40H48N4O8S2+2. The SMILES string of the molecule is COc1cc(C=Cc2cc[n+](CC(=O)NCCSSCCNC(=O)C[n+]3ccc(C=Cc4cc(OC)c(OC)c(OC)c4)cc3)cc2)cc(OC)c1OC. The molecule has 286 valence electrons. The van der Waals surface area contributed by atoms with Gasteiger partial charge in [0.2, 0.25) is 24.6 Å². The molecular weight excluding hydrogens is 729 g/mol. The van der Waals surface area contributed by atoms with E-state index in [0.29, 0.717) is 47.6 Å². The average Bonchev–Trinajstić information content (AvgIpc) is 3.20. The van der Waals surface area contributed by atoms with Crippen LogP contribution in [0.1, 0.15) is 22.3 Å². The number of ether oxygens (including phenoxy) is 6. The van der Waals surface area contributed by atoms with E-state index in [1.807, 2.05) is 107 Å². The summed E-state index contributed by atoms with van der Waals surface area (Å²) < 4.78 is 36.2. The molecule has 2 aromatic carbocycles. The zero-order valence-electron chi connectivity index (χ0n) is 31.5. The fourth-order valence-electron chi connectivity index (χ4n) is 5.18. The summed E-state index contributed by atoms with van der Waals surface area (Å²) in [6, 6.07) is 15.3. The first-order chi connectivity index (χ1) is 26.3. The summed E-state index contributed by atoms with van der Waals surface area (Å²) in [6.45, 7) is 1.58. The normalized spacial score (nSPS) is 11.0. The van der Waals surface area contributed by atoms with Crippen molar-refractivity contribution in [3.63, 3.8) is 0 Å². The molecule has 14 heteroatoms. The predicted molar refractivity (Wildman–Crippen MR) is 214 cm³/mol. The first-order valence-electron chi connectivity index (χ1n) is 17.0. The fourth-order valence-corrected chi connectivity index (χ4v) is 6.99. The first-order valence-corrected chi connectivity index (χ1v) is 19.5. The van der Waals surface area contributed by atoms with Crippen molar-refractivity contribution in [3.8, 4) is 34.5 Å². The van der Waals surface area contributed by atoms with Gasteiger partial charge in [0.15, 0.2) is 47.8 Å². The van der Waals surface area contributed by atoms with Gasteiger partial charge >= 0.3 is 0 Å². The maximum Gasteiger partial charge on any atom is 0.286 e. The van der Waals surface area contributed by atoms with Crippen LogP contribution in [0.2, 0.25) is 0 Å². The van der Waals surface area contributed by atoms with E-state index in [1.54, 1.807) is 64.2 Å². The number of amides is 2. The minimum Gasteiger partial charge on any atom is -0.493 e. The van der Waals surface area contributed by atoms with Gasteiger partial charge in [-0.2, -0.15) is 9.13 Å². The van der Waals surface area contributed by atoms with Crippen molar-refractivity contribution in [3.05, 3.63) is 95.6 Å². The third-order valence-corrected chi connectivity index (χ3v) is 10.3. The zero-order chi connectivity index (χ0) is 38.7. The maximum absolute atomic E-state index is 12.5. The highest BCUT2D eigenvalue weighted by atomic mass is 33.1. The Hall–Kier alpha value is -5.34. The summed E-state index contributed by atoms with van der Waals surface area (Å²) in [5.74, 6) is 4.85. The van der Waals surface area contributed by atoms with Crippen LogP contribution in [0.3, 0.4) is 0 Å². The summed E-state index contributed by atoms with van der Waals surface area (Å²) in [7, 11) is 12.8. The van der Waals surface area contributed by atoms with Crippen LogP contribution in [0.4, 0.5) is 0 Å². The van der Waals surface area contributed by atoms with Gasteiger partial charge in [-0.3, -0.25) is 9.59 Å². The highest BCUT2D eigenvalue weighted by Crippen LogP contribution is 2.39. The van der Waals surface area contributed by atoms with Crippen molar-refractivity contribution in [1.82, 2.24) is 10.6 Å². The van der Waals surface area contributed by atoms with Crippen LogP contribution < -0.4 is 48.2 Å². The lowest BCUT2D eigenvalue weighted by molar-refractivity contribution is -0.684. The number of pyridine rings is 2. The number of carbonyl (C=O) groups excluding carboxylic acids is 2. The summed E-state index contributed by atoms with van der Waals surface area (Å²) in [4.78, 5) is 24.9. The van der Waals surface area contributed by atoms with Gasteiger partial charge in [-0.15, -0.1) is 0 Å². The molecule has 0 saturated heterocycles. The van der Waals surface area contributed by atoms with Gasteiger partial charge in [-0.05, 0) is 46.5 Å². The fraction of sp³-hybridized carbons (Fsp3) is 0.300. The highest BCUT2D eigenvalue weighted by molar-refractivity contribution is 8.76. The molecule has 54 heavy (non-hydrogen) atoms. The number of nitrogens with one attached hydrogen (secondary N) is 2. The zero-order valence-corrected chi connectivity index (χ0v) is 33.1. The predicted octanol–water partition coefficient (Wildman–Crippen LogP) is 4.97. The molecule has 0 spiro atoms. The van der Waals surface area contributed by atoms with E-state index in [-0.39, 0.29) is 24.9 Å². The number of hydrogen-bond donors (Lipinski definition) is 2.